The van der Waals surface area contributed by atoms with E-state index >= 15 is 0 Å². The van der Waals surface area contributed by atoms with E-state index in [2.05, 4.69) is 22.1 Å². The second-order valence-electron chi connectivity index (χ2n) is 11.8. The highest BCUT2D eigenvalue weighted by Gasteiger charge is 2.72. The average molecular weight is 551 g/mol. The van der Waals surface area contributed by atoms with Crippen molar-refractivity contribution in [1.29, 1.82) is 0 Å². The van der Waals surface area contributed by atoms with Crippen LogP contribution in [0.15, 0.2) is 24.3 Å². The molecule has 2 bridgehead atoms. The quantitative estimate of drug-likeness (QED) is 0.490. The first-order chi connectivity index (χ1) is 17.8. The van der Waals surface area contributed by atoms with Crippen molar-refractivity contribution in [3.8, 4) is 0 Å². The van der Waals surface area contributed by atoms with Crippen LogP contribution in [-0.4, -0.2) is 70.7 Å². The number of thioether (sulfide) groups is 1. The molecule has 10 heteroatoms. The Morgan fingerprint density at radius 3 is 2.58 bits per heavy atom. The highest BCUT2D eigenvalue weighted by atomic mass is 32.2. The molecule has 6 nitrogen and oxygen atoms in total. The van der Waals surface area contributed by atoms with Crippen molar-refractivity contribution in [3.05, 3.63) is 35.5 Å². The molecule has 1 aromatic carbocycles. The Morgan fingerprint density at radius 1 is 1.29 bits per heavy atom. The zero-order chi connectivity index (χ0) is 27.6. The smallest absolute Gasteiger partial charge is 0.353 e. The molecule has 3 aliphatic carbocycles. The maximum atomic E-state index is 13.6. The molecule has 38 heavy (non-hydrogen) atoms. The van der Waals surface area contributed by atoms with Crippen LogP contribution in [0.4, 0.5) is 13.2 Å². The summed E-state index contributed by atoms with van der Waals surface area (Å²) in [4.78, 5) is 27.7. The molecule has 4 fully saturated rings. The number of nitrogens with one attached hydrogen (secondary N) is 2. The number of para-hydroxylation sites is 1. The van der Waals surface area contributed by atoms with Crippen LogP contribution in [0, 0.1) is 18.3 Å². The number of carbonyl (C=O) groups is 2. The number of halogens is 3. The molecule has 208 valence electrons. The first kappa shape index (κ1) is 27.4. The molecule has 3 unspecified atom stereocenters. The van der Waals surface area contributed by atoms with Crippen molar-refractivity contribution in [3.63, 3.8) is 0 Å². The van der Waals surface area contributed by atoms with Gasteiger partial charge in [0.1, 0.15) is 0 Å². The minimum atomic E-state index is -4.20. The summed E-state index contributed by atoms with van der Waals surface area (Å²) in [7, 11) is 1.58. The lowest BCUT2D eigenvalue weighted by Gasteiger charge is -2.75. The molecule has 4 atom stereocenters. The Hall–Kier alpha value is -2.20. The predicted octanol–water partition coefficient (Wildman–Crippen LogP) is 4.91. The zero-order valence-corrected chi connectivity index (χ0v) is 23.4. The van der Waals surface area contributed by atoms with E-state index < -0.39 is 12.7 Å². The molecule has 1 aromatic heterocycles. The van der Waals surface area contributed by atoms with Crippen LogP contribution in [0.3, 0.4) is 0 Å². The SMILES string of the molecule is CSC1CC(C)NC(=O)C1CNC(=O)c1c(C)n([C@H](C)C23CC(N(C)CC(F)(F)F)(C2)C3)c2ccccc12. The summed E-state index contributed by atoms with van der Waals surface area (Å²) in [5, 5.41) is 7.05. The zero-order valence-electron chi connectivity index (χ0n) is 22.6. The minimum absolute atomic E-state index is 0.0239. The van der Waals surface area contributed by atoms with Gasteiger partial charge in [-0.25, -0.2) is 0 Å². The monoisotopic (exact) mass is 550 g/mol. The summed E-state index contributed by atoms with van der Waals surface area (Å²) >= 11 is 1.66. The summed E-state index contributed by atoms with van der Waals surface area (Å²) in [6.45, 7) is 5.46. The van der Waals surface area contributed by atoms with Gasteiger partial charge in [0.25, 0.3) is 5.91 Å². The van der Waals surface area contributed by atoms with Crippen LogP contribution < -0.4 is 10.6 Å². The third-order valence-electron chi connectivity index (χ3n) is 9.47. The van der Waals surface area contributed by atoms with E-state index in [-0.39, 0.29) is 52.6 Å². The van der Waals surface area contributed by atoms with E-state index in [1.165, 1.54) is 4.90 Å². The van der Waals surface area contributed by atoms with Gasteiger partial charge in [0, 0.05) is 46.0 Å². The fourth-order valence-corrected chi connectivity index (χ4v) is 8.44. The highest BCUT2D eigenvalue weighted by molar-refractivity contribution is 7.99. The van der Waals surface area contributed by atoms with Gasteiger partial charge in [-0.2, -0.15) is 24.9 Å². The molecule has 2 N–H and O–H groups in total. The van der Waals surface area contributed by atoms with Gasteiger partial charge in [0.05, 0.1) is 18.0 Å². The van der Waals surface area contributed by atoms with Crippen molar-refractivity contribution < 1.29 is 22.8 Å². The molecule has 6 rings (SSSR count). The first-order valence-electron chi connectivity index (χ1n) is 13.3. The number of piperidine rings is 1. The second-order valence-corrected chi connectivity index (χ2v) is 12.9. The topological polar surface area (TPSA) is 66.4 Å². The van der Waals surface area contributed by atoms with Gasteiger partial charge in [-0.3, -0.25) is 14.5 Å². The normalized spacial score (nSPS) is 31.5. The standard InChI is InChI=1S/C28H37F3N4O2S/c1-16-10-22(38-5)20(24(36)33-16)11-32-25(37)23-17(2)35(21-9-7-6-8-19(21)23)18(3)26-12-27(13-26,14-26)34(4)15-28(29,30)31/h6-9,16,18,20,22H,10-15H2,1-5H3,(H,32,37)(H,33,36)/t16?,18-,20?,22?,26?,27?/m1/s1. The van der Waals surface area contributed by atoms with Crippen LogP contribution in [0.2, 0.25) is 0 Å². The number of carbonyl (C=O) groups excluding carboxylic acids is 2. The maximum Gasteiger partial charge on any atom is 0.401 e. The Kier molecular flexibility index (Phi) is 6.82. The molecule has 1 saturated heterocycles. The Bertz CT molecular complexity index is 1240. The molecule has 2 aromatic rings. The van der Waals surface area contributed by atoms with E-state index in [0.717, 1.165) is 42.3 Å². The van der Waals surface area contributed by atoms with E-state index in [1.54, 1.807) is 18.8 Å². The van der Waals surface area contributed by atoms with Crippen molar-refractivity contribution in [2.45, 2.75) is 75.5 Å². The number of benzene rings is 1. The molecule has 1 aliphatic heterocycles. The van der Waals surface area contributed by atoms with Gasteiger partial charge in [-0.1, -0.05) is 18.2 Å². The Morgan fingerprint density at radius 2 is 1.95 bits per heavy atom. The Balaban J connectivity index is 1.35. The van der Waals surface area contributed by atoms with Crippen molar-refractivity contribution in [2.75, 3.05) is 26.4 Å². The molecule has 2 amide bonds. The largest absolute Gasteiger partial charge is 0.401 e. The van der Waals surface area contributed by atoms with Gasteiger partial charge < -0.3 is 15.2 Å². The molecular weight excluding hydrogens is 513 g/mol. The number of alkyl halides is 3. The summed E-state index contributed by atoms with van der Waals surface area (Å²) < 4.78 is 41.2. The van der Waals surface area contributed by atoms with Gasteiger partial charge >= 0.3 is 6.18 Å². The summed E-state index contributed by atoms with van der Waals surface area (Å²) in [6, 6.07) is 7.98. The van der Waals surface area contributed by atoms with Gasteiger partial charge in [-0.15, -0.1) is 0 Å². The summed E-state index contributed by atoms with van der Waals surface area (Å²) in [5.41, 5.74) is 1.97. The molecule has 2 heterocycles. The molecular formula is C28H37F3N4O2S. The van der Waals surface area contributed by atoms with Gasteiger partial charge in [-0.05, 0) is 71.2 Å². The number of hydrogen-bond donors (Lipinski definition) is 2. The van der Waals surface area contributed by atoms with Crippen molar-refractivity contribution in [1.82, 2.24) is 20.1 Å². The highest BCUT2D eigenvalue weighted by Crippen LogP contribution is 2.74. The third kappa shape index (κ3) is 4.41. The molecule has 4 aliphatic rings. The molecule has 0 radical (unpaired) electrons. The average Bonchev–Trinajstić information content (AvgIpc) is 3.06. The summed E-state index contributed by atoms with van der Waals surface area (Å²) in [6.07, 6.45) is 0.848. The lowest BCUT2D eigenvalue weighted by Crippen LogP contribution is -2.76. The maximum absolute atomic E-state index is 13.6. The summed E-state index contributed by atoms with van der Waals surface area (Å²) in [5.74, 6) is -0.512. The lowest BCUT2D eigenvalue weighted by atomic mass is 9.36. The fraction of sp³-hybridized carbons (Fsp3) is 0.643. The van der Waals surface area contributed by atoms with Gasteiger partial charge in [0.2, 0.25) is 5.91 Å². The van der Waals surface area contributed by atoms with E-state index in [1.807, 2.05) is 44.4 Å². The number of amides is 2. The van der Waals surface area contributed by atoms with E-state index in [0.29, 0.717) is 5.56 Å². The number of aromatic nitrogens is 1. The van der Waals surface area contributed by atoms with Crippen molar-refractivity contribution in [2.24, 2.45) is 11.3 Å². The van der Waals surface area contributed by atoms with Gasteiger partial charge in [0.15, 0.2) is 0 Å². The number of nitrogens with zero attached hydrogens (tertiary/aromatic N) is 2. The van der Waals surface area contributed by atoms with Crippen molar-refractivity contribution >= 4 is 34.5 Å². The molecule has 3 saturated carbocycles. The predicted molar refractivity (Wildman–Crippen MR) is 144 cm³/mol. The molecule has 0 spiro atoms. The van der Waals surface area contributed by atoms with Crippen LogP contribution >= 0.6 is 11.8 Å². The number of fused-ring (bicyclic) bond motifs is 1. The first-order valence-corrected chi connectivity index (χ1v) is 14.6. The fourth-order valence-electron chi connectivity index (χ4n) is 7.41. The second kappa shape index (κ2) is 9.47. The third-order valence-corrected chi connectivity index (χ3v) is 10.6. The van der Waals surface area contributed by atoms with E-state index in [4.69, 9.17) is 0 Å². The van der Waals surface area contributed by atoms with Crippen LogP contribution in [-0.2, 0) is 4.79 Å². The number of hydrogen-bond acceptors (Lipinski definition) is 4. The van der Waals surface area contributed by atoms with Crippen LogP contribution in [0.5, 0.6) is 0 Å². The van der Waals surface area contributed by atoms with E-state index in [9.17, 15) is 22.8 Å². The minimum Gasteiger partial charge on any atom is -0.353 e. The lowest BCUT2D eigenvalue weighted by molar-refractivity contribution is -0.257. The number of rotatable bonds is 8. The Labute approximate surface area is 226 Å². The van der Waals surface area contributed by atoms with Crippen LogP contribution in [0.25, 0.3) is 10.9 Å². The van der Waals surface area contributed by atoms with Crippen LogP contribution in [0.1, 0.15) is 61.6 Å².